The van der Waals surface area contributed by atoms with Crippen LogP contribution in [-0.2, 0) is 0 Å². The zero-order valence-corrected chi connectivity index (χ0v) is 10.4. The molecule has 0 radical (unpaired) electrons. The topological polar surface area (TPSA) is 12.0 Å². The lowest BCUT2D eigenvalue weighted by atomic mass is 9.88. The molecule has 0 saturated carbocycles. The van der Waals surface area contributed by atoms with Gasteiger partial charge in [0.15, 0.2) is 17.5 Å². The van der Waals surface area contributed by atoms with E-state index in [1.54, 1.807) is 0 Å². The van der Waals surface area contributed by atoms with Crippen molar-refractivity contribution in [2.24, 2.45) is 5.92 Å². The van der Waals surface area contributed by atoms with Crippen molar-refractivity contribution in [1.29, 1.82) is 0 Å². The van der Waals surface area contributed by atoms with Gasteiger partial charge in [0, 0.05) is 0 Å². The molecule has 1 aromatic carbocycles. The highest BCUT2D eigenvalue weighted by Gasteiger charge is 2.21. The van der Waals surface area contributed by atoms with E-state index >= 15 is 0 Å². The van der Waals surface area contributed by atoms with Gasteiger partial charge in [0.1, 0.15) is 0 Å². The van der Waals surface area contributed by atoms with Crippen LogP contribution in [0.1, 0.15) is 32.3 Å². The van der Waals surface area contributed by atoms with E-state index in [1.807, 2.05) is 20.8 Å². The Kier molecular flexibility index (Phi) is 5.00. The lowest BCUT2D eigenvalue weighted by Gasteiger charge is -2.21. The number of nitrogens with one attached hydrogen (secondary N) is 1. The van der Waals surface area contributed by atoms with Crippen LogP contribution >= 0.6 is 0 Å². The monoisotopic (exact) mass is 245 g/mol. The molecule has 1 N–H and O–H groups in total. The molecule has 0 amide bonds. The Morgan fingerprint density at radius 3 is 2.35 bits per heavy atom. The zero-order valence-electron chi connectivity index (χ0n) is 10.4. The highest BCUT2D eigenvalue weighted by atomic mass is 19.2. The zero-order chi connectivity index (χ0) is 13.0. The predicted molar refractivity (Wildman–Crippen MR) is 62.4 cm³/mol. The van der Waals surface area contributed by atoms with Crippen molar-refractivity contribution >= 4 is 0 Å². The molecule has 0 saturated heterocycles. The lowest BCUT2D eigenvalue weighted by molar-refractivity contribution is 0.407. The van der Waals surface area contributed by atoms with E-state index in [0.29, 0.717) is 0 Å². The summed E-state index contributed by atoms with van der Waals surface area (Å²) in [4.78, 5) is 0. The Hall–Kier alpha value is -1.03. The second-order valence-electron chi connectivity index (χ2n) is 4.34. The van der Waals surface area contributed by atoms with Gasteiger partial charge in [-0.05, 0) is 36.6 Å². The molecule has 17 heavy (non-hydrogen) atoms. The van der Waals surface area contributed by atoms with Crippen LogP contribution in [0.2, 0.25) is 0 Å². The number of hydrogen-bond acceptors (Lipinski definition) is 1. The standard InChI is InChI=1S/C13H18F3N/c1-4-17-7-8(2)9(3)10-5-6-11(14)13(16)12(10)15/h5-6,8-9,17H,4,7H2,1-3H3. The Labute approximate surface area is 100 Å². The van der Waals surface area contributed by atoms with Crippen molar-refractivity contribution in [1.82, 2.24) is 5.32 Å². The quantitative estimate of drug-likeness (QED) is 0.783. The van der Waals surface area contributed by atoms with Crippen molar-refractivity contribution < 1.29 is 13.2 Å². The first-order valence-electron chi connectivity index (χ1n) is 5.83. The minimum atomic E-state index is -1.38. The Morgan fingerprint density at radius 1 is 1.12 bits per heavy atom. The Morgan fingerprint density at radius 2 is 1.76 bits per heavy atom. The summed E-state index contributed by atoms with van der Waals surface area (Å²) in [5, 5.41) is 3.15. The van der Waals surface area contributed by atoms with E-state index in [-0.39, 0.29) is 17.4 Å². The van der Waals surface area contributed by atoms with Crippen LogP contribution in [-0.4, -0.2) is 13.1 Å². The Balaban J connectivity index is 2.89. The third kappa shape index (κ3) is 3.22. The van der Waals surface area contributed by atoms with Crippen LogP contribution in [0.25, 0.3) is 0 Å². The minimum absolute atomic E-state index is 0.148. The first-order valence-corrected chi connectivity index (χ1v) is 5.83. The van der Waals surface area contributed by atoms with Gasteiger partial charge in [-0.2, -0.15) is 0 Å². The molecule has 1 nitrogen and oxygen atoms in total. The highest BCUT2D eigenvalue weighted by Crippen LogP contribution is 2.28. The molecule has 0 aliphatic rings. The summed E-state index contributed by atoms with van der Waals surface area (Å²) in [5.74, 6) is -3.61. The molecular formula is C13H18F3N. The maximum absolute atomic E-state index is 13.6. The van der Waals surface area contributed by atoms with E-state index in [1.165, 1.54) is 6.07 Å². The van der Waals surface area contributed by atoms with Gasteiger partial charge in [0.2, 0.25) is 0 Å². The maximum atomic E-state index is 13.6. The first-order chi connectivity index (χ1) is 7.99. The van der Waals surface area contributed by atoms with Crippen molar-refractivity contribution in [2.45, 2.75) is 26.7 Å². The Bertz CT molecular complexity index is 379. The smallest absolute Gasteiger partial charge is 0.194 e. The van der Waals surface area contributed by atoms with Crippen molar-refractivity contribution in [2.75, 3.05) is 13.1 Å². The lowest BCUT2D eigenvalue weighted by Crippen LogP contribution is -2.24. The van der Waals surface area contributed by atoms with Crippen LogP contribution in [0.4, 0.5) is 13.2 Å². The molecule has 2 unspecified atom stereocenters. The molecule has 96 valence electrons. The van der Waals surface area contributed by atoms with Crippen LogP contribution in [0.15, 0.2) is 12.1 Å². The third-order valence-electron chi connectivity index (χ3n) is 3.13. The largest absolute Gasteiger partial charge is 0.317 e. The van der Waals surface area contributed by atoms with Gasteiger partial charge in [-0.3, -0.25) is 0 Å². The van der Waals surface area contributed by atoms with Crippen LogP contribution < -0.4 is 5.32 Å². The molecule has 0 aromatic heterocycles. The molecule has 4 heteroatoms. The summed E-state index contributed by atoms with van der Waals surface area (Å²) in [6.45, 7) is 7.30. The highest BCUT2D eigenvalue weighted by molar-refractivity contribution is 5.24. The SMILES string of the molecule is CCNCC(C)C(C)c1ccc(F)c(F)c1F. The van der Waals surface area contributed by atoms with Crippen LogP contribution in [0, 0.1) is 23.4 Å². The first kappa shape index (κ1) is 14.0. The van der Waals surface area contributed by atoms with E-state index in [0.717, 1.165) is 19.2 Å². The van der Waals surface area contributed by atoms with Crippen LogP contribution in [0.5, 0.6) is 0 Å². The molecule has 0 heterocycles. The predicted octanol–water partition coefficient (Wildman–Crippen LogP) is 3.45. The molecule has 1 rings (SSSR count). The summed E-state index contributed by atoms with van der Waals surface area (Å²) in [6, 6.07) is 2.30. The molecule has 1 aromatic rings. The van der Waals surface area contributed by atoms with Crippen molar-refractivity contribution in [3.8, 4) is 0 Å². The van der Waals surface area contributed by atoms with E-state index in [4.69, 9.17) is 0 Å². The average Bonchev–Trinajstić information content (AvgIpc) is 2.32. The molecule has 0 aliphatic heterocycles. The summed E-state index contributed by atoms with van der Waals surface area (Å²) < 4.78 is 39.5. The van der Waals surface area contributed by atoms with Gasteiger partial charge >= 0.3 is 0 Å². The van der Waals surface area contributed by atoms with Gasteiger partial charge in [0.25, 0.3) is 0 Å². The van der Waals surface area contributed by atoms with Gasteiger partial charge < -0.3 is 5.32 Å². The summed E-state index contributed by atoms with van der Waals surface area (Å²) in [5.41, 5.74) is 0.231. The van der Waals surface area contributed by atoms with Gasteiger partial charge in [-0.1, -0.05) is 26.8 Å². The van der Waals surface area contributed by atoms with Crippen molar-refractivity contribution in [3.05, 3.63) is 35.1 Å². The molecule has 0 spiro atoms. The summed E-state index contributed by atoms with van der Waals surface area (Å²) in [7, 11) is 0. The molecule has 0 fully saturated rings. The number of halogens is 3. The van der Waals surface area contributed by atoms with Gasteiger partial charge in [-0.15, -0.1) is 0 Å². The van der Waals surface area contributed by atoms with Gasteiger partial charge in [0.05, 0.1) is 0 Å². The van der Waals surface area contributed by atoms with E-state index < -0.39 is 17.5 Å². The molecule has 0 aliphatic carbocycles. The van der Waals surface area contributed by atoms with E-state index in [9.17, 15) is 13.2 Å². The van der Waals surface area contributed by atoms with E-state index in [2.05, 4.69) is 5.32 Å². The fourth-order valence-corrected chi connectivity index (χ4v) is 1.75. The minimum Gasteiger partial charge on any atom is -0.317 e. The fourth-order valence-electron chi connectivity index (χ4n) is 1.75. The molecular weight excluding hydrogens is 227 g/mol. The van der Waals surface area contributed by atoms with Crippen LogP contribution in [0.3, 0.4) is 0 Å². The second kappa shape index (κ2) is 6.05. The summed E-state index contributed by atoms with van der Waals surface area (Å²) in [6.07, 6.45) is 0. The second-order valence-corrected chi connectivity index (χ2v) is 4.34. The van der Waals surface area contributed by atoms with Gasteiger partial charge in [-0.25, -0.2) is 13.2 Å². The fraction of sp³-hybridized carbons (Fsp3) is 0.538. The normalized spacial score (nSPS) is 14.7. The average molecular weight is 245 g/mol. The molecule has 2 atom stereocenters. The number of hydrogen-bond donors (Lipinski definition) is 1. The van der Waals surface area contributed by atoms with Crippen molar-refractivity contribution in [3.63, 3.8) is 0 Å². The third-order valence-corrected chi connectivity index (χ3v) is 3.13. The molecule has 0 bridgehead atoms. The summed E-state index contributed by atoms with van der Waals surface area (Å²) >= 11 is 0. The number of rotatable bonds is 5. The maximum Gasteiger partial charge on any atom is 0.194 e. The number of benzene rings is 1.